The van der Waals surface area contributed by atoms with Crippen molar-refractivity contribution < 1.29 is 4.79 Å². The molecule has 0 radical (unpaired) electrons. The molecule has 5 nitrogen and oxygen atoms in total. The van der Waals surface area contributed by atoms with Crippen molar-refractivity contribution in [1.29, 1.82) is 0 Å². The summed E-state index contributed by atoms with van der Waals surface area (Å²) in [4.78, 5) is 36.9. The second-order valence-corrected chi connectivity index (χ2v) is 10.3. The number of terminal acetylenes is 1. The van der Waals surface area contributed by atoms with Gasteiger partial charge in [-0.05, 0) is 43.7 Å². The minimum Gasteiger partial charge on any atom is -0.327 e. The molecule has 1 amide bonds. The number of carbonyl (C=O) groups excluding carboxylic acids is 1. The number of thiophene rings is 1. The number of aromatic nitrogens is 2. The molecular formula is C25H27N3O2S2. The lowest BCUT2D eigenvalue weighted by molar-refractivity contribution is -0.130. The molecule has 1 aliphatic rings. The van der Waals surface area contributed by atoms with Crippen molar-refractivity contribution in [2.75, 3.05) is 12.3 Å². The minimum atomic E-state index is -0.0284. The second kappa shape index (κ2) is 10.4. The maximum atomic E-state index is 12.7. The van der Waals surface area contributed by atoms with E-state index in [9.17, 15) is 9.59 Å². The molecule has 0 unspecified atom stereocenters. The molecule has 4 rings (SSSR count). The molecule has 0 saturated carbocycles. The molecule has 0 spiro atoms. The predicted octanol–water partition coefficient (Wildman–Crippen LogP) is 4.46. The van der Waals surface area contributed by atoms with E-state index in [1.54, 1.807) is 28.0 Å². The van der Waals surface area contributed by atoms with Crippen LogP contribution in [0.2, 0.25) is 0 Å². The average molecular weight is 466 g/mol. The highest BCUT2D eigenvalue weighted by atomic mass is 32.2. The Morgan fingerprint density at radius 2 is 2.06 bits per heavy atom. The molecule has 3 aromatic rings. The van der Waals surface area contributed by atoms with E-state index in [2.05, 4.69) is 10.9 Å². The van der Waals surface area contributed by atoms with Crippen LogP contribution in [0, 0.1) is 19.3 Å². The lowest BCUT2D eigenvalue weighted by Gasteiger charge is -2.20. The smallest absolute Gasteiger partial charge is 0.259 e. The molecule has 7 heteroatoms. The van der Waals surface area contributed by atoms with Crippen molar-refractivity contribution in [3.8, 4) is 12.3 Å². The number of fused-ring (bicyclic) bond motifs is 3. The summed E-state index contributed by atoms with van der Waals surface area (Å²) in [6.45, 7) is 2.85. The molecule has 0 saturated heterocycles. The highest BCUT2D eigenvalue weighted by molar-refractivity contribution is 7.98. The Morgan fingerprint density at radius 1 is 1.28 bits per heavy atom. The number of thioether (sulfide) groups is 1. The number of nitrogens with zero attached hydrogens (tertiary/aromatic N) is 2. The van der Waals surface area contributed by atoms with E-state index in [0.717, 1.165) is 35.0 Å². The third-order valence-corrected chi connectivity index (χ3v) is 7.86. The van der Waals surface area contributed by atoms with Gasteiger partial charge in [-0.15, -0.1) is 17.8 Å². The summed E-state index contributed by atoms with van der Waals surface area (Å²) in [6, 6.07) is 8.14. The first-order chi connectivity index (χ1) is 15.5. The summed E-state index contributed by atoms with van der Waals surface area (Å²) in [5, 5.41) is 0.787. The van der Waals surface area contributed by atoms with Crippen molar-refractivity contribution in [3.05, 3.63) is 62.0 Å². The van der Waals surface area contributed by atoms with Crippen LogP contribution in [0.1, 0.15) is 46.7 Å². The topological polar surface area (TPSA) is 66.1 Å². The molecule has 2 aromatic heterocycles. The van der Waals surface area contributed by atoms with Crippen molar-refractivity contribution in [1.82, 2.24) is 14.9 Å². The normalized spacial score (nSPS) is 13.0. The van der Waals surface area contributed by atoms with E-state index in [0.29, 0.717) is 36.8 Å². The van der Waals surface area contributed by atoms with Crippen LogP contribution in [-0.4, -0.2) is 33.1 Å². The number of H-pyrrole nitrogens is 1. The molecule has 0 atom stereocenters. The lowest BCUT2D eigenvalue weighted by Crippen LogP contribution is -2.31. The highest BCUT2D eigenvalue weighted by Gasteiger charge is 2.20. The van der Waals surface area contributed by atoms with Gasteiger partial charge in [0, 0.05) is 23.6 Å². The molecule has 32 heavy (non-hydrogen) atoms. The summed E-state index contributed by atoms with van der Waals surface area (Å²) in [5.74, 6) is 4.54. The van der Waals surface area contributed by atoms with Gasteiger partial charge in [-0.3, -0.25) is 9.59 Å². The number of rotatable bonds is 8. The SMILES string of the molecule is C#CCN(Cc1ccc(C)cc1)C(=O)CCSCc1nc2sc3c(c2c(=O)[nH]1)CCCC3. The number of hydrogen-bond donors (Lipinski definition) is 1. The fourth-order valence-electron chi connectivity index (χ4n) is 4.02. The maximum absolute atomic E-state index is 12.7. The van der Waals surface area contributed by atoms with Crippen LogP contribution in [0.15, 0.2) is 29.1 Å². The number of amides is 1. The van der Waals surface area contributed by atoms with Crippen molar-refractivity contribution in [3.63, 3.8) is 0 Å². The van der Waals surface area contributed by atoms with Crippen LogP contribution in [0.4, 0.5) is 0 Å². The lowest BCUT2D eigenvalue weighted by atomic mass is 9.97. The Hall–Kier alpha value is -2.56. The van der Waals surface area contributed by atoms with Gasteiger partial charge in [0.1, 0.15) is 10.7 Å². The molecule has 1 aliphatic carbocycles. The van der Waals surface area contributed by atoms with Gasteiger partial charge in [-0.1, -0.05) is 35.7 Å². The molecule has 2 heterocycles. The number of aryl methyl sites for hydroxylation is 3. The van der Waals surface area contributed by atoms with Crippen LogP contribution in [0.25, 0.3) is 10.2 Å². The van der Waals surface area contributed by atoms with Crippen LogP contribution >= 0.6 is 23.1 Å². The van der Waals surface area contributed by atoms with E-state index in [1.165, 1.54) is 22.4 Å². The second-order valence-electron chi connectivity index (χ2n) is 8.15. The van der Waals surface area contributed by atoms with Gasteiger partial charge in [0.05, 0.1) is 17.7 Å². The standard InChI is InChI=1S/C25H27N3O2S2/c1-3-13-28(15-18-10-8-17(2)9-11-18)22(29)12-14-31-16-21-26-24(30)23-19-6-4-5-7-20(19)32-25(23)27-21/h1,8-11H,4-7,12-16H2,2H3,(H,26,27,30). The monoisotopic (exact) mass is 465 g/mol. The molecule has 166 valence electrons. The zero-order valence-corrected chi connectivity index (χ0v) is 19.9. The predicted molar refractivity (Wildman–Crippen MR) is 133 cm³/mol. The Bertz CT molecular complexity index is 1200. The largest absolute Gasteiger partial charge is 0.327 e. The van der Waals surface area contributed by atoms with E-state index in [1.807, 2.05) is 31.2 Å². The van der Waals surface area contributed by atoms with E-state index in [4.69, 9.17) is 11.4 Å². The number of carbonyl (C=O) groups is 1. The summed E-state index contributed by atoms with van der Waals surface area (Å²) in [7, 11) is 0. The maximum Gasteiger partial charge on any atom is 0.259 e. The Labute approximate surface area is 196 Å². The van der Waals surface area contributed by atoms with Gasteiger partial charge in [-0.2, -0.15) is 11.8 Å². The van der Waals surface area contributed by atoms with Gasteiger partial charge in [0.25, 0.3) is 5.56 Å². The third-order valence-electron chi connectivity index (χ3n) is 5.70. The summed E-state index contributed by atoms with van der Waals surface area (Å²) in [6.07, 6.45) is 10.2. The quantitative estimate of drug-likeness (QED) is 0.394. The first kappa shape index (κ1) is 22.6. The van der Waals surface area contributed by atoms with Crippen LogP contribution in [0.5, 0.6) is 0 Å². The van der Waals surface area contributed by atoms with Crippen molar-refractivity contribution in [2.24, 2.45) is 0 Å². The van der Waals surface area contributed by atoms with E-state index < -0.39 is 0 Å². The van der Waals surface area contributed by atoms with Gasteiger partial charge in [0.15, 0.2) is 0 Å². The number of aromatic amines is 1. The minimum absolute atomic E-state index is 0.0284. The zero-order valence-electron chi connectivity index (χ0n) is 18.3. The summed E-state index contributed by atoms with van der Waals surface area (Å²) in [5.41, 5.74) is 3.43. The van der Waals surface area contributed by atoms with Gasteiger partial charge in [0.2, 0.25) is 5.91 Å². The van der Waals surface area contributed by atoms with Crippen molar-refractivity contribution in [2.45, 2.75) is 51.3 Å². The van der Waals surface area contributed by atoms with Crippen molar-refractivity contribution >= 4 is 39.2 Å². The zero-order chi connectivity index (χ0) is 22.5. The highest BCUT2D eigenvalue weighted by Crippen LogP contribution is 2.33. The number of hydrogen-bond acceptors (Lipinski definition) is 5. The van der Waals surface area contributed by atoms with Crippen LogP contribution in [0.3, 0.4) is 0 Å². The summed E-state index contributed by atoms with van der Waals surface area (Å²) >= 11 is 3.27. The first-order valence-corrected chi connectivity index (χ1v) is 12.9. The van der Waals surface area contributed by atoms with E-state index >= 15 is 0 Å². The molecule has 0 aliphatic heterocycles. The number of nitrogens with one attached hydrogen (secondary N) is 1. The number of benzene rings is 1. The Balaban J connectivity index is 1.33. The first-order valence-electron chi connectivity index (χ1n) is 10.9. The van der Waals surface area contributed by atoms with Gasteiger partial charge in [-0.25, -0.2) is 4.98 Å². The average Bonchev–Trinajstić information content (AvgIpc) is 3.16. The summed E-state index contributed by atoms with van der Waals surface area (Å²) < 4.78 is 0. The van der Waals surface area contributed by atoms with Crippen LogP contribution < -0.4 is 5.56 Å². The molecule has 1 aromatic carbocycles. The fraction of sp³-hybridized carbons (Fsp3) is 0.400. The molecular weight excluding hydrogens is 438 g/mol. The van der Waals surface area contributed by atoms with E-state index in [-0.39, 0.29) is 11.5 Å². The van der Waals surface area contributed by atoms with Gasteiger partial charge < -0.3 is 9.88 Å². The Kier molecular flexibility index (Phi) is 7.33. The Morgan fingerprint density at radius 3 is 2.84 bits per heavy atom. The third kappa shape index (κ3) is 5.25. The van der Waals surface area contributed by atoms with Gasteiger partial charge >= 0.3 is 0 Å². The molecule has 1 N–H and O–H groups in total. The fourth-order valence-corrected chi connectivity index (χ4v) is 6.09. The molecule has 0 fully saturated rings. The van der Waals surface area contributed by atoms with Crippen LogP contribution in [-0.2, 0) is 29.9 Å². The molecule has 0 bridgehead atoms.